The molecular formula is C13H8FN3O7. The maximum atomic E-state index is 13.9. The van der Waals surface area contributed by atoms with Gasteiger partial charge in [-0.15, -0.1) is 0 Å². The van der Waals surface area contributed by atoms with Gasteiger partial charge in [-0.05, 0) is 12.1 Å². The normalized spacial score (nSPS) is 10.2. The number of anilines is 2. The summed E-state index contributed by atoms with van der Waals surface area (Å²) in [5, 5.41) is 42.3. The molecule has 0 aliphatic heterocycles. The molecule has 0 aliphatic carbocycles. The van der Waals surface area contributed by atoms with Gasteiger partial charge in [0.1, 0.15) is 22.8 Å². The fraction of sp³-hybridized carbons (Fsp3) is 0. The highest BCUT2D eigenvalue weighted by Gasteiger charge is 2.21. The molecule has 0 heterocycles. The summed E-state index contributed by atoms with van der Waals surface area (Å²) in [6.45, 7) is 0. The van der Waals surface area contributed by atoms with E-state index in [2.05, 4.69) is 5.32 Å². The van der Waals surface area contributed by atoms with Crippen molar-refractivity contribution in [2.75, 3.05) is 5.32 Å². The van der Waals surface area contributed by atoms with Crippen molar-refractivity contribution in [2.24, 2.45) is 0 Å². The van der Waals surface area contributed by atoms with Gasteiger partial charge in [0.05, 0.1) is 21.6 Å². The summed E-state index contributed by atoms with van der Waals surface area (Å²) in [6.07, 6.45) is 0. The maximum absolute atomic E-state index is 13.9. The molecular weight excluding hydrogens is 329 g/mol. The number of phenols is 1. The topological polar surface area (TPSA) is 156 Å². The van der Waals surface area contributed by atoms with E-state index < -0.39 is 50.0 Å². The van der Waals surface area contributed by atoms with Crippen molar-refractivity contribution < 1.29 is 29.2 Å². The minimum absolute atomic E-state index is 0.271. The van der Waals surface area contributed by atoms with Crippen molar-refractivity contribution in [3.8, 4) is 5.75 Å². The molecule has 0 saturated heterocycles. The van der Waals surface area contributed by atoms with Gasteiger partial charge in [-0.1, -0.05) is 0 Å². The van der Waals surface area contributed by atoms with Crippen LogP contribution in [0.25, 0.3) is 0 Å². The summed E-state index contributed by atoms with van der Waals surface area (Å²) in [5.41, 5.74) is -2.61. The van der Waals surface area contributed by atoms with Crippen molar-refractivity contribution in [1.82, 2.24) is 0 Å². The highest BCUT2D eigenvalue weighted by atomic mass is 19.1. The molecule has 24 heavy (non-hydrogen) atoms. The zero-order valence-corrected chi connectivity index (χ0v) is 11.6. The zero-order valence-electron chi connectivity index (χ0n) is 11.6. The Morgan fingerprint density at radius 3 is 2.29 bits per heavy atom. The van der Waals surface area contributed by atoms with Crippen molar-refractivity contribution in [3.63, 3.8) is 0 Å². The van der Waals surface area contributed by atoms with Gasteiger partial charge in [-0.3, -0.25) is 20.2 Å². The number of carboxylic acid groups (broad SMARTS) is 1. The van der Waals surface area contributed by atoms with E-state index in [0.29, 0.717) is 12.1 Å². The van der Waals surface area contributed by atoms with E-state index in [0.717, 1.165) is 18.2 Å². The first-order valence-corrected chi connectivity index (χ1v) is 6.16. The number of hydrogen-bond donors (Lipinski definition) is 3. The average molecular weight is 337 g/mol. The highest BCUT2D eigenvalue weighted by Crippen LogP contribution is 2.34. The van der Waals surface area contributed by atoms with Gasteiger partial charge in [-0.25, -0.2) is 9.18 Å². The van der Waals surface area contributed by atoms with Gasteiger partial charge >= 0.3 is 5.97 Å². The predicted molar refractivity (Wildman–Crippen MR) is 78.1 cm³/mol. The number of benzene rings is 2. The molecule has 10 nitrogen and oxygen atoms in total. The average Bonchev–Trinajstić information content (AvgIpc) is 2.50. The summed E-state index contributed by atoms with van der Waals surface area (Å²) in [4.78, 5) is 30.7. The van der Waals surface area contributed by atoms with Gasteiger partial charge in [-0.2, -0.15) is 0 Å². The predicted octanol–water partition coefficient (Wildman–Crippen LogP) is 2.79. The molecule has 2 rings (SSSR count). The summed E-state index contributed by atoms with van der Waals surface area (Å²) in [5.74, 6) is -3.40. The maximum Gasteiger partial charge on any atom is 0.339 e. The first-order valence-electron chi connectivity index (χ1n) is 6.16. The molecule has 0 spiro atoms. The third-order valence-corrected chi connectivity index (χ3v) is 2.97. The lowest BCUT2D eigenvalue weighted by molar-refractivity contribution is -0.393. The number of rotatable bonds is 5. The van der Waals surface area contributed by atoms with Crippen LogP contribution in [-0.4, -0.2) is 26.0 Å². The second-order valence-corrected chi connectivity index (χ2v) is 4.50. The molecule has 0 saturated carbocycles. The van der Waals surface area contributed by atoms with E-state index in [1.165, 1.54) is 0 Å². The molecule has 0 bridgehead atoms. The lowest BCUT2D eigenvalue weighted by Crippen LogP contribution is -2.03. The van der Waals surface area contributed by atoms with Crippen LogP contribution in [0.1, 0.15) is 10.4 Å². The monoisotopic (exact) mass is 337 g/mol. The second-order valence-electron chi connectivity index (χ2n) is 4.50. The Kier molecular flexibility index (Phi) is 4.26. The van der Waals surface area contributed by atoms with Crippen LogP contribution < -0.4 is 5.32 Å². The van der Waals surface area contributed by atoms with E-state index in [1.54, 1.807) is 0 Å². The Morgan fingerprint density at radius 1 is 1.08 bits per heavy atom. The third kappa shape index (κ3) is 3.19. The van der Waals surface area contributed by atoms with Gasteiger partial charge in [0.2, 0.25) is 0 Å². The number of carbonyl (C=O) groups is 1. The molecule has 0 aliphatic rings. The van der Waals surface area contributed by atoms with Gasteiger partial charge < -0.3 is 15.5 Å². The van der Waals surface area contributed by atoms with Crippen LogP contribution in [-0.2, 0) is 0 Å². The number of aromatic carboxylic acids is 1. The second kappa shape index (κ2) is 6.16. The smallest absolute Gasteiger partial charge is 0.339 e. The number of nitro groups is 2. The Balaban J connectivity index is 2.48. The number of hydrogen-bond acceptors (Lipinski definition) is 7. The van der Waals surface area contributed by atoms with Crippen molar-refractivity contribution in [2.45, 2.75) is 0 Å². The van der Waals surface area contributed by atoms with E-state index in [9.17, 15) is 34.5 Å². The number of nitrogens with zero attached hydrogens (tertiary/aromatic N) is 2. The van der Waals surface area contributed by atoms with Crippen LogP contribution in [0.15, 0.2) is 30.3 Å². The molecule has 0 radical (unpaired) electrons. The fourth-order valence-corrected chi connectivity index (χ4v) is 1.86. The van der Waals surface area contributed by atoms with Crippen molar-refractivity contribution in [1.29, 1.82) is 0 Å². The number of non-ortho nitro benzene ring substituents is 1. The Morgan fingerprint density at radius 2 is 1.75 bits per heavy atom. The summed E-state index contributed by atoms with van der Waals surface area (Å²) >= 11 is 0. The van der Waals surface area contributed by atoms with Crippen LogP contribution in [0.3, 0.4) is 0 Å². The molecule has 11 heteroatoms. The first kappa shape index (κ1) is 16.6. The number of nitro benzene ring substituents is 2. The number of aromatic hydroxyl groups is 1. The van der Waals surface area contributed by atoms with E-state index in [-0.39, 0.29) is 5.69 Å². The lowest BCUT2D eigenvalue weighted by atomic mass is 10.1. The summed E-state index contributed by atoms with van der Waals surface area (Å²) in [6, 6.07) is 3.93. The van der Waals surface area contributed by atoms with Crippen LogP contribution in [0.2, 0.25) is 0 Å². The lowest BCUT2D eigenvalue weighted by Gasteiger charge is -2.10. The van der Waals surface area contributed by atoms with Crippen LogP contribution in [0.5, 0.6) is 5.75 Å². The molecule has 3 N–H and O–H groups in total. The van der Waals surface area contributed by atoms with Crippen molar-refractivity contribution >= 4 is 28.7 Å². The molecule has 0 atom stereocenters. The Hall–Kier alpha value is -3.76. The fourth-order valence-electron chi connectivity index (χ4n) is 1.86. The molecule has 2 aromatic carbocycles. The molecule has 0 amide bonds. The number of carboxylic acids is 1. The minimum Gasteiger partial charge on any atom is -0.507 e. The molecule has 0 unspecified atom stereocenters. The van der Waals surface area contributed by atoms with E-state index >= 15 is 0 Å². The third-order valence-electron chi connectivity index (χ3n) is 2.97. The largest absolute Gasteiger partial charge is 0.507 e. The van der Waals surface area contributed by atoms with Crippen molar-refractivity contribution in [3.05, 3.63) is 61.9 Å². The van der Waals surface area contributed by atoms with E-state index in [4.69, 9.17) is 5.11 Å². The van der Waals surface area contributed by atoms with Gasteiger partial charge in [0.25, 0.3) is 11.4 Å². The van der Waals surface area contributed by atoms with Gasteiger partial charge in [0.15, 0.2) is 0 Å². The highest BCUT2D eigenvalue weighted by molar-refractivity contribution is 5.91. The first-order chi connectivity index (χ1) is 11.2. The Bertz CT molecular complexity index is 869. The molecule has 2 aromatic rings. The summed E-state index contributed by atoms with van der Waals surface area (Å²) in [7, 11) is 0. The van der Waals surface area contributed by atoms with Crippen LogP contribution in [0.4, 0.5) is 27.1 Å². The van der Waals surface area contributed by atoms with Crippen LogP contribution >= 0.6 is 0 Å². The SMILES string of the molecule is O=C(O)c1cc(F)c(Nc2ccc([N+](=O)[O-])cc2[N+](=O)[O-])cc1O. The standard InChI is InChI=1S/C13H8FN3O7/c14-8-4-7(13(19)20)12(18)5-10(8)15-9-2-1-6(16(21)22)3-11(9)17(23)24/h1-5,15,18H,(H,19,20). The van der Waals surface area contributed by atoms with E-state index in [1.807, 2.05) is 0 Å². The van der Waals surface area contributed by atoms with Crippen LogP contribution in [0, 0.1) is 26.0 Å². The molecule has 124 valence electrons. The molecule has 0 aromatic heterocycles. The Labute approximate surface area is 132 Å². The number of halogens is 1. The quantitative estimate of drug-likeness (QED) is 0.555. The minimum atomic E-state index is -1.56. The zero-order chi connectivity index (χ0) is 18.0. The number of nitrogens with one attached hydrogen (secondary N) is 1. The van der Waals surface area contributed by atoms with Gasteiger partial charge in [0, 0.05) is 12.1 Å². The molecule has 0 fully saturated rings. The summed E-state index contributed by atoms with van der Waals surface area (Å²) < 4.78 is 13.9.